The van der Waals surface area contributed by atoms with Gasteiger partial charge in [0.05, 0.1) is 0 Å². The highest BCUT2D eigenvalue weighted by molar-refractivity contribution is 9.12. The maximum Gasteiger partial charge on any atom is 0.194 e. The smallest absolute Gasteiger partial charge is 0.194 e. The normalized spacial score (nSPS) is 15.4. The minimum Gasteiger partial charge on any atom is -0.399 e. The van der Waals surface area contributed by atoms with Crippen LogP contribution in [0.3, 0.4) is 0 Å². The van der Waals surface area contributed by atoms with E-state index in [1.54, 1.807) is 12.1 Å². The fourth-order valence-electron chi connectivity index (χ4n) is 1.06. The van der Waals surface area contributed by atoms with Gasteiger partial charge in [0.15, 0.2) is 19.3 Å². The van der Waals surface area contributed by atoms with Crippen LogP contribution < -0.4 is 5.73 Å². The average Bonchev–Trinajstić information content (AvgIpc) is 2.16. The molecule has 1 aromatic carbocycles. The summed E-state index contributed by atoms with van der Waals surface area (Å²) in [7, 11) is -3.52. The highest BCUT2D eigenvalue weighted by atomic mass is 79.9. The van der Waals surface area contributed by atoms with Crippen molar-refractivity contribution in [3.8, 4) is 0 Å². The van der Waals surface area contributed by atoms with Crippen LogP contribution >= 0.6 is 15.9 Å². The fraction of sp³-hybridized carbons (Fsp3) is 0.300. The van der Waals surface area contributed by atoms with E-state index >= 15 is 0 Å². The number of ketones is 1. The van der Waals surface area contributed by atoms with Crippen molar-refractivity contribution in [2.45, 2.75) is 10.6 Å². The first-order valence-electron chi connectivity index (χ1n) is 4.45. The van der Waals surface area contributed by atoms with Gasteiger partial charge in [-0.25, -0.2) is 8.42 Å². The van der Waals surface area contributed by atoms with Gasteiger partial charge < -0.3 is 5.73 Å². The van der Waals surface area contributed by atoms with Gasteiger partial charge in [-0.1, -0.05) is 15.9 Å². The number of sulfone groups is 1. The van der Waals surface area contributed by atoms with Gasteiger partial charge in [0.25, 0.3) is 0 Å². The molecule has 2 N–H and O–H groups in total. The minimum atomic E-state index is -3.52. The number of carbonyl (C=O) groups is 1. The maximum absolute atomic E-state index is 12.0. The first kappa shape index (κ1) is 13.2. The molecule has 0 radical (unpaired) electrons. The number of alkyl halides is 1. The molecule has 0 saturated heterocycles. The Kier molecular flexibility index (Phi) is 3.44. The molecular weight excluding hydrogens is 294 g/mol. The number of benzene rings is 1. The van der Waals surface area contributed by atoms with Crippen LogP contribution in [0.15, 0.2) is 24.3 Å². The molecule has 0 aliphatic rings. The molecular formula is C10H12BrNO3S. The highest BCUT2D eigenvalue weighted by Crippen LogP contribution is 2.28. The van der Waals surface area contributed by atoms with E-state index in [4.69, 9.17) is 5.73 Å². The second-order valence-corrected chi connectivity index (χ2v) is 8.11. The zero-order chi connectivity index (χ0) is 12.6. The number of anilines is 1. The maximum atomic E-state index is 12.0. The van der Waals surface area contributed by atoms with Gasteiger partial charge in [0.1, 0.15) is 0 Å². The van der Waals surface area contributed by atoms with Crippen LogP contribution in [-0.4, -0.2) is 24.1 Å². The summed E-state index contributed by atoms with van der Waals surface area (Å²) in [6, 6.07) is 6.11. The van der Waals surface area contributed by atoms with E-state index in [9.17, 15) is 13.2 Å². The molecule has 88 valence electrons. The van der Waals surface area contributed by atoms with Crippen LogP contribution in [0.5, 0.6) is 0 Å². The number of nitrogens with two attached hydrogens (primary N) is 1. The summed E-state index contributed by atoms with van der Waals surface area (Å²) in [6.07, 6.45) is 1.01. The minimum absolute atomic E-state index is 0.305. The molecule has 0 spiro atoms. The lowest BCUT2D eigenvalue weighted by atomic mass is 10.1. The third-order valence-corrected chi connectivity index (χ3v) is 5.98. The Morgan fingerprint density at radius 1 is 1.31 bits per heavy atom. The van der Waals surface area contributed by atoms with E-state index in [0.29, 0.717) is 11.3 Å². The van der Waals surface area contributed by atoms with Crippen LogP contribution in [0.2, 0.25) is 0 Å². The molecule has 1 atom stereocenters. The van der Waals surface area contributed by atoms with E-state index in [0.717, 1.165) is 6.26 Å². The van der Waals surface area contributed by atoms with Crippen molar-refractivity contribution >= 4 is 37.2 Å². The van der Waals surface area contributed by atoms with Crippen molar-refractivity contribution in [3.05, 3.63) is 29.8 Å². The van der Waals surface area contributed by atoms with Crippen LogP contribution in [0.4, 0.5) is 5.69 Å². The number of halogens is 1. The molecule has 1 rings (SSSR count). The van der Waals surface area contributed by atoms with Crippen LogP contribution in [0, 0.1) is 0 Å². The van der Waals surface area contributed by atoms with E-state index in [1.165, 1.54) is 19.1 Å². The summed E-state index contributed by atoms with van der Waals surface area (Å²) >= 11 is 2.95. The predicted octanol–water partition coefficient (Wildman–Crippen LogP) is 1.61. The van der Waals surface area contributed by atoms with Gasteiger partial charge in [0, 0.05) is 17.5 Å². The SMILES string of the molecule is CC(Br)(C(=O)c1ccc(N)cc1)S(C)(=O)=O. The third kappa shape index (κ3) is 2.44. The summed E-state index contributed by atoms with van der Waals surface area (Å²) in [6.45, 7) is 1.32. The number of hydrogen-bond acceptors (Lipinski definition) is 4. The van der Waals surface area contributed by atoms with Crippen LogP contribution in [-0.2, 0) is 9.84 Å². The highest BCUT2D eigenvalue weighted by Gasteiger charge is 2.41. The lowest BCUT2D eigenvalue weighted by molar-refractivity contribution is 0.0983. The van der Waals surface area contributed by atoms with Crippen molar-refractivity contribution < 1.29 is 13.2 Å². The topological polar surface area (TPSA) is 77.2 Å². The van der Waals surface area contributed by atoms with Gasteiger partial charge >= 0.3 is 0 Å². The zero-order valence-electron chi connectivity index (χ0n) is 8.90. The number of nitrogen functional groups attached to an aromatic ring is 1. The van der Waals surface area contributed by atoms with Crippen molar-refractivity contribution in [1.29, 1.82) is 0 Å². The molecule has 0 bridgehead atoms. The lowest BCUT2D eigenvalue weighted by Gasteiger charge is -2.18. The molecule has 1 aromatic rings. The van der Waals surface area contributed by atoms with Crippen LogP contribution in [0.25, 0.3) is 0 Å². The Hall–Kier alpha value is -0.880. The molecule has 0 fully saturated rings. The fourth-order valence-corrected chi connectivity index (χ4v) is 1.74. The first-order chi connectivity index (χ1) is 7.16. The molecule has 16 heavy (non-hydrogen) atoms. The van der Waals surface area contributed by atoms with Crippen molar-refractivity contribution in [1.82, 2.24) is 0 Å². The number of rotatable bonds is 3. The number of Topliss-reactive ketones (excluding diaryl/α,β-unsaturated/α-hetero) is 1. The molecule has 0 saturated carbocycles. The summed E-state index contributed by atoms with van der Waals surface area (Å²) in [5.74, 6) is -0.505. The third-order valence-electron chi connectivity index (χ3n) is 2.27. The average molecular weight is 306 g/mol. The molecule has 6 heteroatoms. The number of carbonyl (C=O) groups excluding carboxylic acids is 1. The molecule has 0 amide bonds. The molecule has 1 unspecified atom stereocenters. The Morgan fingerprint density at radius 3 is 2.12 bits per heavy atom. The van der Waals surface area contributed by atoms with Gasteiger partial charge in [-0.3, -0.25) is 4.79 Å². The lowest BCUT2D eigenvalue weighted by Crippen LogP contribution is -2.36. The monoisotopic (exact) mass is 305 g/mol. The summed E-state index contributed by atoms with van der Waals surface area (Å²) in [4.78, 5) is 12.0. The van der Waals surface area contributed by atoms with E-state index in [2.05, 4.69) is 15.9 Å². The van der Waals surface area contributed by atoms with E-state index in [-0.39, 0.29) is 0 Å². The molecule has 0 heterocycles. The molecule has 0 aromatic heterocycles. The predicted molar refractivity (Wildman–Crippen MR) is 67.4 cm³/mol. The van der Waals surface area contributed by atoms with Gasteiger partial charge in [-0.2, -0.15) is 0 Å². The van der Waals surface area contributed by atoms with Crippen molar-refractivity contribution in [2.24, 2.45) is 0 Å². The Bertz CT molecular complexity index is 505. The van der Waals surface area contributed by atoms with E-state index < -0.39 is 19.3 Å². The Morgan fingerprint density at radius 2 is 1.75 bits per heavy atom. The second kappa shape index (κ2) is 4.18. The quantitative estimate of drug-likeness (QED) is 0.523. The number of hydrogen-bond donors (Lipinski definition) is 1. The standard InChI is InChI=1S/C10H12BrNO3S/c1-10(11,16(2,14)15)9(13)7-3-5-8(12)6-4-7/h3-6H,12H2,1-2H3. The Balaban J connectivity index is 3.18. The molecule has 0 aliphatic carbocycles. The Labute approximate surface area is 103 Å². The van der Waals surface area contributed by atoms with E-state index in [1.807, 2.05) is 0 Å². The van der Waals surface area contributed by atoms with Crippen molar-refractivity contribution in [3.63, 3.8) is 0 Å². The van der Waals surface area contributed by atoms with Crippen molar-refractivity contribution in [2.75, 3.05) is 12.0 Å². The largest absolute Gasteiger partial charge is 0.399 e. The second-order valence-electron chi connectivity index (χ2n) is 3.64. The molecule has 4 nitrogen and oxygen atoms in total. The zero-order valence-corrected chi connectivity index (χ0v) is 11.3. The first-order valence-corrected chi connectivity index (χ1v) is 7.13. The van der Waals surface area contributed by atoms with Gasteiger partial charge in [-0.05, 0) is 31.2 Å². The van der Waals surface area contributed by atoms with Gasteiger partial charge in [-0.15, -0.1) is 0 Å². The summed E-state index contributed by atoms with van der Waals surface area (Å²) < 4.78 is 21.3. The van der Waals surface area contributed by atoms with Crippen LogP contribution in [0.1, 0.15) is 17.3 Å². The van der Waals surface area contributed by atoms with Gasteiger partial charge in [0.2, 0.25) is 0 Å². The summed E-state index contributed by atoms with van der Waals surface area (Å²) in [5.41, 5.74) is 6.31. The molecule has 0 aliphatic heterocycles. The summed E-state index contributed by atoms with van der Waals surface area (Å²) in [5, 5.41) is 0.